The number of methoxy groups -OCH3 is 1. The summed E-state index contributed by atoms with van der Waals surface area (Å²) in [6.45, 7) is 2.07. The fourth-order valence-electron chi connectivity index (χ4n) is 2.06. The monoisotopic (exact) mass is 316 g/mol. The highest BCUT2D eigenvalue weighted by Gasteiger charge is 2.09. The second-order valence-electron chi connectivity index (χ2n) is 4.45. The zero-order valence-corrected chi connectivity index (χ0v) is 12.3. The molecule has 0 bridgehead atoms. The predicted molar refractivity (Wildman–Crippen MR) is 80.5 cm³/mol. The number of rotatable bonds is 2. The van der Waals surface area contributed by atoms with Crippen LogP contribution in [-0.2, 0) is 0 Å². The highest BCUT2D eigenvalue weighted by atomic mass is 79.9. The molecule has 0 atom stereocenters. The van der Waals surface area contributed by atoms with Crippen LogP contribution in [0.25, 0.3) is 22.4 Å². The van der Waals surface area contributed by atoms with E-state index in [0.717, 1.165) is 32.6 Å². The first kappa shape index (κ1) is 12.2. The van der Waals surface area contributed by atoms with Crippen LogP contribution in [0.2, 0.25) is 0 Å². The smallest absolute Gasteiger partial charge is 0.139 e. The van der Waals surface area contributed by atoms with Gasteiger partial charge in [0.25, 0.3) is 0 Å². The summed E-state index contributed by atoms with van der Waals surface area (Å²) in [4.78, 5) is 7.93. The predicted octanol–water partition coefficient (Wildman–Crippen LogP) is 4.31. The van der Waals surface area contributed by atoms with Crippen LogP contribution in [0.4, 0.5) is 0 Å². The van der Waals surface area contributed by atoms with Crippen molar-refractivity contribution < 1.29 is 4.74 Å². The van der Waals surface area contributed by atoms with Gasteiger partial charge in [-0.05, 0) is 36.8 Å². The SMILES string of the molecule is COc1ccc2nc(-c3ccc(C)cc3Br)[nH]c2c1. The van der Waals surface area contributed by atoms with Crippen molar-refractivity contribution in [1.82, 2.24) is 9.97 Å². The first-order valence-corrected chi connectivity index (χ1v) is 6.77. The third-order valence-electron chi connectivity index (χ3n) is 3.07. The molecule has 2 aromatic carbocycles. The van der Waals surface area contributed by atoms with Crippen LogP contribution in [0.1, 0.15) is 5.56 Å². The van der Waals surface area contributed by atoms with Gasteiger partial charge in [0, 0.05) is 16.1 Å². The standard InChI is InChI=1S/C15H13BrN2O/c1-9-3-5-11(12(16)7-9)15-17-13-6-4-10(19-2)8-14(13)18-15/h3-8H,1-2H3,(H,17,18). The molecular weight excluding hydrogens is 304 g/mol. The number of imidazole rings is 1. The molecule has 0 unspecified atom stereocenters. The molecule has 0 spiro atoms. The summed E-state index contributed by atoms with van der Waals surface area (Å²) in [5.41, 5.74) is 4.18. The Labute approximate surface area is 119 Å². The zero-order valence-electron chi connectivity index (χ0n) is 10.7. The molecule has 0 saturated carbocycles. The summed E-state index contributed by atoms with van der Waals surface area (Å²) >= 11 is 3.58. The minimum Gasteiger partial charge on any atom is -0.497 e. The molecule has 1 aromatic heterocycles. The van der Waals surface area contributed by atoms with Gasteiger partial charge in [-0.1, -0.05) is 22.0 Å². The lowest BCUT2D eigenvalue weighted by molar-refractivity contribution is 0.415. The normalized spacial score (nSPS) is 10.9. The van der Waals surface area contributed by atoms with Gasteiger partial charge in [-0.15, -0.1) is 0 Å². The number of aromatic nitrogens is 2. The number of hydrogen-bond donors (Lipinski definition) is 1. The lowest BCUT2D eigenvalue weighted by Gasteiger charge is -2.01. The van der Waals surface area contributed by atoms with Crippen molar-refractivity contribution in [3.8, 4) is 17.1 Å². The molecule has 0 aliphatic heterocycles. The molecule has 3 rings (SSSR count). The van der Waals surface area contributed by atoms with E-state index in [1.807, 2.05) is 18.2 Å². The summed E-state index contributed by atoms with van der Waals surface area (Å²) in [6, 6.07) is 12.0. The fraction of sp³-hybridized carbons (Fsp3) is 0.133. The van der Waals surface area contributed by atoms with E-state index >= 15 is 0 Å². The topological polar surface area (TPSA) is 37.9 Å². The van der Waals surface area contributed by atoms with Crippen molar-refractivity contribution >= 4 is 27.0 Å². The van der Waals surface area contributed by atoms with Crippen molar-refractivity contribution in [1.29, 1.82) is 0 Å². The van der Waals surface area contributed by atoms with Crippen LogP contribution in [-0.4, -0.2) is 17.1 Å². The van der Waals surface area contributed by atoms with Crippen molar-refractivity contribution in [2.24, 2.45) is 0 Å². The number of benzene rings is 2. The van der Waals surface area contributed by atoms with Gasteiger partial charge in [-0.2, -0.15) is 0 Å². The molecular formula is C15H13BrN2O. The Morgan fingerprint density at radius 1 is 1.16 bits per heavy atom. The Hall–Kier alpha value is -1.81. The third-order valence-corrected chi connectivity index (χ3v) is 3.72. The minimum absolute atomic E-state index is 0.825. The molecule has 4 heteroatoms. The van der Waals surface area contributed by atoms with Crippen molar-refractivity contribution in [3.63, 3.8) is 0 Å². The molecule has 3 nitrogen and oxygen atoms in total. The Morgan fingerprint density at radius 3 is 2.74 bits per heavy atom. The summed E-state index contributed by atoms with van der Waals surface area (Å²) in [5.74, 6) is 1.68. The third kappa shape index (κ3) is 2.24. The van der Waals surface area contributed by atoms with Crippen LogP contribution in [0.15, 0.2) is 40.9 Å². The lowest BCUT2D eigenvalue weighted by Crippen LogP contribution is -1.83. The molecule has 96 valence electrons. The van der Waals surface area contributed by atoms with Gasteiger partial charge >= 0.3 is 0 Å². The van der Waals surface area contributed by atoms with E-state index in [0.29, 0.717) is 0 Å². The number of aromatic amines is 1. The number of nitrogens with zero attached hydrogens (tertiary/aromatic N) is 1. The first-order chi connectivity index (χ1) is 9.17. The van der Waals surface area contributed by atoms with Crippen LogP contribution in [0.3, 0.4) is 0 Å². The quantitative estimate of drug-likeness (QED) is 0.765. The van der Waals surface area contributed by atoms with E-state index in [1.54, 1.807) is 7.11 Å². The van der Waals surface area contributed by atoms with Crippen LogP contribution in [0.5, 0.6) is 5.75 Å². The number of fused-ring (bicyclic) bond motifs is 1. The van der Waals surface area contributed by atoms with Crippen LogP contribution in [0, 0.1) is 6.92 Å². The summed E-state index contributed by atoms with van der Waals surface area (Å²) in [6.07, 6.45) is 0. The van der Waals surface area contributed by atoms with Crippen molar-refractivity contribution in [2.45, 2.75) is 6.92 Å². The molecule has 0 radical (unpaired) electrons. The molecule has 19 heavy (non-hydrogen) atoms. The molecule has 0 amide bonds. The maximum atomic E-state index is 5.22. The number of halogens is 1. The zero-order chi connectivity index (χ0) is 13.4. The van der Waals surface area contributed by atoms with E-state index in [2.05, 4.69) is 51.0 Å². The maximum absolute atomic E-state index is 5.22. The lowest BCUT2D eigenvalue weighted by atomic mass is 10.1. The Balaban J connectivity index is 2.14. The second-order valence-corrected chi connectivity index (χ2v) is 5.31. The second kappa shape index (κ2) is 4.70. The summed E-state index contributed by atoms with van der Waals surface area (Å²) in [5, 5.41) is 0. The summed E-state index contributed by atoms with van der Waals surface area (Å²) in [7, 11) is 1.66. The van der Waals surface area contributed by atoms with Crippen molar-refractivity contribution in [3.05, 3.63) is 46.4 Å². The fourth-order valence-corrected chi connectivity index (χ4v) is 2.74. The number of H-pyrrole nitrogens is 1. The van der Waals surface area contributed by atoms with Gasteiger partial charge in [0.05, 0.1) is 18.1 Å². The highest BCUT2D eigenvalue weighted by molar-refractivity contribution is 9.10. The average Bonchev–Trinajstić information content (AvgIpc) is 2.80. The largest absolute Gasteiger partial charge is 0.497 e. The Bertz CT molecular complexity index is 749. The van der Waals surface area contributed by atoms with E-state index < -0.39 is 0 Å². The van der Waals surface area contributed by atoms with Gasteiger partial charge in [0.1, 0.15) is 11.6 Å². The van der Waals surface area contributed by atoms with Crippen molar-refractivity contribution in [2.75, 3.05) is 7.11 Å². The van der Waals surface area contributed by atoms with E-state index in [4.69, 9.17) is 4.74 Å². The Morgan fingerprint density at radius 2 is 2.00 bits per heavy atom. The van der Waals surface area contributed by atoms with E-state index in [1.165, 1.54) is 5.56 Å². The van der Waals surface area contributed by atoms with E-state index in [9.17, 15) is 0 Å². The molecule has 1 heterocycles. The highest BCUT2D eigenvalue weighted by Crippen LogP contribution is 2.29. The van der Waals surface area contributed by atoms with Gasteiger partial charge in [-0.3, -0.25) is 0 Å². The number of hydrogen-bond acceptors (Lipinski definition) is 2. The molecule has 0 fully saturated rings. The molecule has 0 aliphatic rings. The minimum atomic E-state index is 0.825. The summed E-state index contributed by atoms with van der Waals surface area (Å²) < 4.78 is 6.26. The number of ether oxygens (including phenoxy) is 1. The first-order valence-electron chi connectivity index (χ1n) is 5.97. The van der Waals surface area contributed by atoms with Crippen LogP contribution < -0.4 is 4.74 Å². The van der Waals surface area contributed by atoms with Gasteiger partial charge < -0.3 is 9.72 Å². The Kier molecular flexibility index (Phi) is 3.03. The van der Waals surface area contributed by atoms with Crippen LogP contribution >= 0.6 is 15.9 Å². The van der Waals surface area contributed by atoms with Gasteiger partial charge in [0.15, 0.2) is 0 Å². The molecule has 1 N–H and O–H groups in total. The van der Waals surface area contributed by atoms with Gasteiger partial charge in [0.2, 0.25) is 0 Å². The van der Waals surface area contributed by atoms with Gasteiger partial charge in [-0.25, -0.2) is 4.98 Å². The molecule has 0 aliphatic carbocycles. The number of nitrogens with one attached hydrogen (secondary N) is 1. The average molecular weight is 317 g/mol. The number of aryl methyl sites for hydroxylation is 1. The van der Waals surface area contributed by atoms with E-state index in [-0.39, 0.29) is 0 Å². The molecule has 0 saturated heterocycles. The maximum Gasteiger partial charge on any atom is 0.139 e. The molecule has 3 aromatic rings.